The van der Waals surface area contributed by atoms with Gasteiger partial charge in [-0.05, 0) is 29.3 Å². The highest BCUT2D eigenvalue weighted by atomic mass is 32.1. The van der Waals surface area contributed by atoms with Crippen molar-refractivity contribution in [3.05, 3.63) is 58.6 Å². The maximum Gasteiger partial charge on any atom is 0.332 e. The minimum Gasteiger partial charge on any atom is -0.284 e. The van der Waals surface area contributed by atoms with Gasteiger partial charge in [0, 0.05) is 47.8 Å². The molecule has 2 aliphatic heterocycles. The lowest BCUT2D eigenvalue weighted by Gasteiger charge is -2.32. The molecule has 0 unspecified atom stereocenters. The van der Waals surface area contributed by atoms with Gasteiger partial charge in [-0.3, -0.25) is 24.0 Å². The maximum absolute atomic E-state index is 12.8. The summed E-state index contributed by atoms with van der Waals surface area (Å²) in [7, 11) is 2.85. The number of carbonyl (C=O) groups is 3. The van der Waals surface area contributed by atoms with Crippen molar-refractivity contribution in [1.29, 1.82) is 0 Å². The molecule has 4 amide bonds. The molecule has 3 aromatic heterocycles. The first-order chi connectivity index (χ1) is 15.7. The predicted octanol–water partition coefficient (Wildman–Crippen LogP) is 4.09. The standard InChI is InChI=1S/C25H22N4O3S/c1-25(2)17-9-5-7-14-15-8-6-10-26-20(15)29(19(14)17)23-18(25)12-13(33-23)11-16-21(30)27(3)24(32)28(4)22(16)31/h5-10,12,16H,11H2,1-4H3. The molecule has 5 heterocycles. The van der Waals surface area contributed by atoms with Gasteiger partial charge in [0.25, 0.3) is 0 Å². The Morgan fingerprint density at radius 3 is 2.39 bits per heavy atom. The van der Waals surface area contributed by atoms with Gasteiger partial charge in [-0.15, -0.1) is 11.3 Å². The monoisotopic (exact) mass is 458 g/mol. The van der Waals surface area contributed by atoms with Crippen LogP contribution in [0.3, 0.4) is 0 Å². The number of pyridine rings is 1. The van der Waals surface area contributed by atoms with Gasteiger partial charge in [0.15, 0.2) is 0 Å². The van der Waals surface area contributed by atoms with Crippen molar-refractivity contribution >= 4 is 51.1 Å². The van der Waals surface area contributed by atoms with E-state index in [0.717, 1.165) is 41.8 Å². The minimum absolute atomic E-state index is 0.252. The van der Waals surface area contributed by atoms with Gasteiger partial charge in [0.2, 0.25) is 11.8 Å². The van der Waals surface area contributed by atoms with Gasteiger partial charge >= 0.3 is 6.03 Å². The topological polar surface area (TPSA) is 75.5 Å². The van der Waals surface area contributed by atoms with Crippen LogP contribution in [0.15, 0.2) is 42.6 Å². The largest absolute Gasteiger partial charge is 0.332 e. The van der Waals surface area contributed by atoms with Gasteiger partial charge in [0.1, 0.15) is 16.6 Å². The van der Waals surface area contributed by atoms with Gasteiger partial charge in [-0.25, -0.2) is 9.78 Å². The average Bonchev–Trinajstić information content (AvgIpc) is 3.38. The van der Waals surface area contributed by atoms with E-state index in [-0.39, 0.29) is 11.8 Å². The summed E-state index contributed by atoms with van der Waals surface area (Å²) in [6.07, 6.45) is 2.07. The third-order valence-corrected chi connectivity index (χ3v) is 8.24. The summed E-state index contributed by atoms with van der Waals surface area (Å²) in [5.41, 5.74) is 4.19. The lowest BCUT2D eigenvalue weighted by Crippen LogP contribution is -2.57. The molecule has 7 nitrogen and oxygen atoms in total. The van der Waals surface area contributed by atoms with Crippen molar-refractivity contribution in [3.8, 4) is 5.00 Å². The van der Waals surface area contributed by atoms with Gasteiger partial charge < -0.3 is 0 Å². The number of nitrogens with zero attached hydrogens (tertiary/aromatic N) is 4. The van der Waals surface area contributed by atoms with E-state index in [9.17, 15) is 14.4 Å². The van der Waals surface area contributed by atoms with E-state index in [1.807, 2.05) is 6.07 Å². The normalized spacial score (nSPS) is 18.0. The summed E-state index contributed by atoms with van der Waals surface area (Å²) in [5.74, 6) is -1.80. The molecule has 166 valence electrons. The van der Waals surface area contributed by atoms with Gasteiger partial charge in [0.05, 0.1) is 5.52 Å². The van der Waals surface area contributed by atoms with E-state index in [4.69, 9.17) is 4.98 Å². The molecule has 0 spiro atoms. The number of aromatic nitrogens is 2. The Morgan fingerprint density at radius 2 is 1.67 bits per heavy atom. The fourth-order valence-electron chi connectivity index (χ4n) is 5.25. The van der Waals surface area contributed by atoms with E-state index in [1.54, 1.807) is 17.5 Å². The van der Waals surface area contributed by atoms with Crippen molar-refractivity contribution < 1.29 is 14.4 Å². The van der Waals surface area contributed by atoms with Crippen LogP contribution in [0.5, 0.6) is 0 Å². The van der Waals surface area contributed by atoms with Gasteiger partial charge in [-0.2, -0.15) is 0 Å². The lowest BCUT2D eigenvalue weighted by molar-refractivity contribution is -0.147. The second kappa shape index (κ2) is 6.51. The zero-order chi connectivity index (χ0) is 23.2. The highest BCUT2D eigenvalue weighted by Crippen LogP contribution is 2.50. The van der Waals surface area contributed by atoms with E-state index >= 15 is 0 Å². The second-order valence-corrected chi connectivity index (χ2v) is 10.4. The Labute approximate surface area is 194 Å². The summed E-state index contributed by atoms with van der Waals surface area (Å²) in [4.78, 5) is 45.4. The van der Waals surface area contributed by atoms with Crippen LogP contribution in [0.2, 0.25) is 0 Å². The number of fused-ring (bicyclic) bond motifs is 5. The first kappa shape index (κ1) is 20.1. The van der Waals surface area contributed by atoms with Crippen LogP contribution in [0.4, 0.5) is 4.79 Å². The molecule has 1 fully saturated rings. The molecule has 6 rings (SSSR count). The van der Waals surface area contributed by atoms with Crippen LogP contribution < -0.4 is 0 Å². The highest BCUT2D eigenvalue weighted by molar-refractivity contribution is 7.14. The van der Waals surface area contributed by atoms with Crippen LogP contribution >= 0.6 is 11.3 Å². The number of carbonyl (C=O) groups excluding carboxylic acids is 3. The molecular formula is C25H22N4O3S. The molecule has 0 N–H and O–H groups in total. The van der Waals surface area contributed by atoms with E-state index in [1.165, 1.54) is 25.0 Å². The molecule has 0 saturated carbocycles. The molecule has 33 heavy (non-hydrogen) atoms. The number of benzene rings is 1. The van der Waals surface area contributed by atoms with E-state index < -0.39 is 23.8 Å². The fraction of sp³-hybridized carbons (Fsp3) is 0.280. The van der Waals surface area contributed by atoms with Crippen molar-refractivity contribution in [2.45, 2.75) is 25.7 Å². The van der Waals surface area contributed by atoms with Crippen LogP contribution in [-0.2, 0) is 21.4 Å². The zero-order valence-corrected chi connectivity index (χ0v) is 19.6. The number of hydrogen-bond acceptors (Lipinski definition) is 5. The quantitative estimate of drug-likeness (QED) is 0.424. The number of barbiturate groups is 1. The third kappa shape index (κ3) is 2.49. The number of imide groups is 2. The number of para-hydroxylation sites is 1. The Morgan fingerprint density at radius 1 is 0.970 bits per heavy atom. The highest BCUT2D eigenvalue weighted by Gasteiger charge is 2.43. The molecule has 1 aromatic carbocycles. The molecule has 1 saturated heterocycles. The summed E-state index contributed by atoms with van der Waals surface area (Å²) >= 11 is 1.59. The fourth-order valence-corrected chi connectivity index (χ4v) is 6.62. The number of thiophene rings is 1. The Bertz CT molecular complexity index is 1510. The Kier molecular flexibility index (Phi) is 3.97. The average molecular weight is 459 g/mol. The molecule has 0 aliphatic carbocycles. The number of hydrogen-bond donors (Lipinski definition) is 0. The van der Waals surface area contributed by atoms with Crippen molar-refractivity contribution in [2.75, 3.05) is 14.1 Å². The number of rotatable bonds is 2. The SMILES string of the molecule is CN1C(=O)C(Cc2cc3c(s2)-n2c4ncccc4c4cccc(c42)C3(C)C)C(=O)N(C)C1=O. The maximum atomic E-state index is 12.8. The molecule has 4 aromatic rings. The molecule has 0 atom stereocenters. The Balaban J connectivity index is 1.54. The minimum atomic E-state index is -0.900. The molecule has 0 bridgehead atoms. The van der Waals surface area contributed by atoms with Crippen molar-refractivity contribution in [1.82, 2.24) is 19.4 Å². The third-order valence-electron chi connectivity index (χ3n) is 7.10. The van der Waals surface area contributed by atoms with Crippen LogP contribution in [0, 0.1) is 5.92 Å². The lowest BCUT2D eigenvalue weighted by atomic mass is 9.76. The summed E-state index contributed by atoms with van der Waals surface area (Å²) in [6, 6.07) is 12.0. The summed E-state index contributed by atoms with van der Waals surface area (Å²) in [6.45, 7) is 4.42. The number of amides is 4. The summed E-state index contributed by atoms with van der Waals surface area (Å²) < 4.78 is 2.22. The smallest absolute Gasteiger partial charge is 0.284 e. The van der Waals surface area contributed by atoms with Crippen molar-refractivity contribution in [3.63, 3.8) is 0 Å². The number of urea groups is 1. The van der Waals surface area contributed by atoms with Crippen molar-refractivity contribution in [2.24, 2.45) is 5.92 Å². The second-order valence-electron chi connectivity index (χ2n) is 9.30. The van der Waals surface area contributed by atoms with Crippen LogP contribution in [-0.4, -0.2) is 51.3 Å². The Hall–Kier alpha value is -3.52. The molecular weight excluding hydrogens is 436 g/mol. The van der Waals surface area contributed by atoms with Crippen LogP contribution in [0.1, 0.15) is 29.9 Å². The van der Waals surface area contributed by atoms with E-state index in [2.05, 4.69) is 48.7 Å². The van der Waals surface area contributed by atoms with Gasteiger partial charge in [-0.1, -0.05) is 32.0 Å². The molecule has 0 radical (unpaired) electrons. The predicted molar refractivity (Wildman–Crippen MR) is 127 cm³/mol. The molecule has 2 aliphatic rings. The first-order valence-electron chi connectivity index (χ1n) is 10.8. The molecule has 8 heteroatoms. The van der Waals surface area contributed by atoms with Crippen LogP contribution in [0.25, 0.3) is 26.9 Å². The summed E-state index contributed by atoms with van der Waals surface area (Å²) in [5, 5.41) is 3.34. The first-order valence-corrected chi connectivity index (χ1v) is 11.6. The van der Waals surface area contributed by atoms with E-state index in [0.29, 0.717) is 0 Å². The zero-order valence-electron chi connectivity index (χ0n) is 18.7.